The Morgan fingerprint density at radius 2 is 1.52 bits per heavy atom. The van der Waals surface area contributed by atoms with Crippen LogP contribution >= 0.6 is 0 Å². The van der Waals surface area contributed by atoms with Crippen molar-refractivity contribution in [1.82, 2.24) is 31.2 Å². The van der Waals surface area contributed by atoms with Gasteiger partial charge in [-0.1, -0.05) is 57.2 Å². The molecule has 0 aliphatic carbocycles. The van der Waals surface area contributed by atoms with Crippen molar-refractivity contribution in [3.8, 4) is 40.0 Å². The molecular weight excluding hydrogens is 853 g/mol. The molecule has 2 heterocycles. The Hall–Kier alpha value is -6.87. The summed E-state index contributed by atoms with van der Waals surface area (Å²) in [5.74, 6) is -2.36. The molecule has 1 aliphatic heterocycles. The largest absolute Gasteiger partial charge is 0.493 e. The number of benzene rings is 3. The van der Waals surface area contributed by atoms with Crippen molar-refractivity contribution in [2.45, 2.75) is 89.9 Å². The predicted molar refractivity (Wildman–Crippen MR) is 256 cm³/mol. The molecule has 17 heteroatoms. The SMILES string of the molecule is Cc1nc(-c2ccc(C(C)(C)C)cc2)ccc1C(=O)N[C@@H](CCN)C(=O)N(C)[C@@H]1C(=O)N[C@@H](C)C(=O)N[C@H](C(=O)NCC#N)Cc2ccc(OCCCN)c(c2)-c2cc1ccc2OCCCN. The smallest absolute Gasteiger partial charge is 0.253 e. The molecule has 4 bridgehead atoms. The third-order valence-corrected chi connectivity index (χ3v) is 11.5. The molecular formula is C50H64N10O7. The fourth-order valence-electron chi connectivity index (χ4n) is 7.66. The number of aryl methyl sites for hydroxylation is 1. The first-order valence-corrected chi connectivity index (χ1v) is 22.6. The number of nitrogens with two attached hydrogens (primary N) is 3. The van der Waals surface area contributed by atoms with E-state index in [1.807, 2.05) is 18.2 Å². The van der Waals surface area contributed by atoms with E-state index >= 15 is 0 Å². The topological polar surface area (TPSA) is 270 Å². The number of hydrogen-bond acceptors (Lipinski definition) is 12. The molecule has 0 fully saturated rings. The van der Waals surface area contributed by atoms with E-state index < -0.39 is 53.7 Å². The summed E-state index contributed by atoms with van der Waals surface area (Å²) in [6.07, 6.45) is 1.13. The summed E-state index contributed by atoms with van der Waals surface area (Å²) in [6.45, 7) is 10.6. The van der Waals surface area contributed by atoms with Gasteiger partial charge in [-0.3, -0.25) is 29.0 Å². The van der Waals surface area contributed by atoms with Crippen LogP contribution in [-0.2, 0) is 31.0 Å². The molecule has 0 radical (unpaired) electrons. The van der Waals surface area contributed by atoms with E-state index in [1.165, 1.54) is 24.4 Å². The van der Waals surface area contributed by atoms with Crippen LogP contribution in [0.4, 0.5) is 0 Å². The second kappa shape index (κ2) is 23.5. The lowest BCUT2D eigenvalue weighted by molar-refractivity contribution is -0.141. The van der Waals surface area contributed by atoms with E-state index in [9.17, 15) is 29.2 Å². The second-order valence-corrected chi connectivity index (χ2v) is 17.6. The molecule has 4 atom stereocenters. The summed E-state index contributed by atoms with van der Waals surface area (Å²) in [5, 5.41) is 20.0. The lowest BCUT2D eigenvalue weighted by Crippen LogP contribution is -2.56. The highest BCUT2D eigenvalue weighted by Crippen LogP contribution is 2.40. The molecule has 0 unspecified atom stereocenters. The molecule has 5 amide bonds. The number of carbonyl (C=O) groups excluding carboxylic acids is 5. The van der Waals surface area contributed by atoms with Gasteiger partial charge < -0.3 is 52.8 Å². The van der Waals surface area contributed by atoms with Gasteiger partial charge in [-0.25, -0.2) is 0 Å². The Morgan fingerprint density at radius 1 is 0.881 bits per heavy atom. The lowest BCUT2D eigenvalue weighted by Gasteiger charge is -2.32. The third-order valence-electron chi connectivity index (χ3n) is 11.5. The Labute approximate surface area is 392 Å². The quantitative estimate of drug-likeness (QED) is 0.0594. The molecule has 67 heavy (non-hydrogen) atoms. The van der Waals surface area contributed by atoms with Crippen LogP contribution in [0.3, 0.4) is 0 Å². The number of aromatic nitrogens is 1. The zero-order valence-electron chi connectivity index (χ0n) is 39.2. The van der Waals surface area contributed by atoms with Crippen molar-refractivity contribution >= 4 is 29.5 Å². The normalized spacial score (nSPS) is 16.6. The maximum Gasteiger partial charge on any atom is 0.253 e. The molecule has 0 spiro atoms. The monoisotopic (exact) mass is 916 g/mol. The van der Waals surface area contributed by atoms with Crippen molar-refractivity contribution < 1.29 is 33.4 Å². The summed E-state index contributed by atoms with van der Waals surface area (Å²) in [6, 6.07) is 18.9. The van der Waals surface area contributed by atoms with Gasteiger partial charge in [0.15, 0.2) is 0 Å². The van der Waals surface area contributed by atoms with Gasteiger partial charge in [0, 0.05) is 30.2 Å². The van der Waals surface area contributed by atoms with Crippen LogP contribution in [0, 0.1) is 18.3 Å². The third kappa shape index (κ3) is 13.2. The highest BCUT2D eigenvalue weighted by atomic mass is 16.5. The van der Waals surface area contributed by atoms with Crippen molar-refractivity contribution in [2.24, 2.45) is 17.2 Å². The van der Waals surface area contributed by atoms with E-state index in [-0.39, 0.29) is 50.1 Å². The second-order valence-electron chi connectivity index (χ2n) is 17.6. The number of rotatable bonds is 17. The fraction of sp³-hybridized carbons (Fsp3) is 0.420. The minimum absolute atomic E-state index is 0.0160. The van der Waals surface area contributed by atoms with Gasteiger partial charge in [0.1, 0.15) is 42.2 Å². The molecule has 3 aromatic carbocycles. The molecule has 5 rings (SSSR count). The van der Waals surface area contributed by atoms with E-state index in [4.69, 9.17) is 31.7 Å². The summed E-state index contributed by atoms with van der Waals surface area (Å²) < 4.78 is 12.5. The first-order valence-electron chi connectivity index (χ1n) is 22.6. The fourth-order valence-corrected chi connectivity index (χ4v) is 7.66. The summed E-state index contributed by atoms with van der Waals surface area (Å²) in [7, 11) is 1.44. The number of nitrogens with zero attached hydrogens (tertiary/aromatic N) is 3. The van der Waals surface area contributed by atoms with Crippen LogP contribution in [0.1, 0.15) is 85.7 Å². The number of fused-ring (bicyclic) bond motifs is 5. The predicted octanol–water partition coefficient (Wildman–Crippen LogP) is 3.31. The van der Waals surface area contributed by atoms with Gasteiger partial charge >= 0.3 is 0 Å². The number of hydrogen-bond donors (Lipinski definition) is 7. The number of nitriles is 1. The Kier molecular flexibility index (Phi) is 18.0. The van der Waals surface area contributed by atoms with Crippen molar-refractivity contribution in [2.75, 3.05) is 46.4 Å². The highest BCUT2D eigenvalue weighted by Gasteiger charge is 2.36. The minimum Gasteiger partial charge on any atom is -0.493 e. The zero-order chi connectivity index (χ0) is 48.8. The molecule has 17 nitrogen and oxygen atoms in total. The lowest BCUT2D eigenvalue weighted by atomic mass is 9.86. The summed E-state index contributed by atoms with van der Waals surface area (Å²) in [5.41, 5.74) is 23.1. The summed E-state index contributed by atoms with van der Waals surface area (Å²) in [4.78, 5) is 76.4. The van der Waals surface area contributed by atoms with Crippen LogP contribution in [0.5, 0.6) is 11.5 Å². The number of likely N-dealkylation sites (N-methyl/N-ethyl adjacent to an activating group) is 1. The van der Waals surface area contributed by atoms with E-state index in [0.717, 1.165) is 5.56 Å². The summed E-state index contributed by atoms with van der Waals surface area (Å²) >= 11 is 0. The Balaban J connectivity index is 1.57. The van der Waals surface area contributed by atoms with Gasteiger partial charge in [0.05, 0.1) is 36.2 Å². The molecule has 4 aromatic rings. The first-order chi connectivity index (χ1) is 32.0. The first kappa shape index (κ1) is 51.1. The van der Waals surface area contributed by atoms with Crippen molar-refractivity contribution in [3.05, 3.63) is 101 Å². The maximum atomic E-state index is 14.7. The van der Waals surface area contributed by atoms with Crippen LogP contribution < -0.4 is 47.9 Å². The average molecular weight is 917 g/mol. The molecule has 1 aliphatic rings. The van der Waals surface area contributed by atoms with Crippen LogP contribution in [0.25, 0.3) is 22.4 Å². The van der Waals surface area contributed by atoms with Gasteiger partial charge in [-0.05, 0) is 111 Å². The number of ether oxygens (including phenoxy) is 2. The Morgan fingerprint density at radius 3 is 2.12 bits per heavy atom. The Bertz CT molecular complexity index is 2450. The van der Waals surface area contributed by atoms with Crippen molar-refractivity contribution in [1.29, 1.82) is 5.26 Å². The number of carbonyl (C=O) groups is 5. The number of amides is 5. The zero-order valence-corrected chi connectivity index (χ0v) is 39.2. The highest BCUT2D eigenvalue weighted by molar-refractivity contribution is 6.00. The van der Waals surface area contributed by atoms with Crippen LogP contribution in [0.15, 0.2) is 72.8 Å². The minimum atomic E-state index is -1.38. The van der Waals surface area contributed by atoms with Crippen molar-refractivity contribution in [3.63, 3.8) is 0 Å². The number of nitrogens with one attached hydrogen (secondary N) is 4. The van der Waals surface area contributed by atoms with E-state index in [0.29, 0.717) is 71.1 Å². The molecule has 1 aromatic heterocycles. The van der Waals surface area contributed by atoms with Crippen LogP contribution in [-0.4, -0.2) is 104 Å². The van der Waals surface area contributed by atoms with Gasteiger partial charge in [-0.15, -0.1) is 0 Å². The molecule has 356 valence electrons. The maximum absolute atomic E-state index is 14.7. The van der Waals surface area contributed by atoms with E-state index in [1.54, 1.807) is 55.5 Å². The van der Waals surface area contributed by atoms with Gasteiger partial charge in [0.2, 0.25) is 23.6 Å². The molecule has 0 saturated carbocycles. The van der Waals surface area contributed by atoms with Gasteiger partial charge in [0.25, 0.3) is 5.91 Å². The van der Waals surface area contributed by atoms with Gasteiger partial charge in [-0.2, -0.15) is 5.26 Å². The van der Waals surface area contributed by atoms with E-state index in [2.05, 4.69) is 54.2 Å². The number of pyridine rings is 1. The molecule has 0 saturated heterocycles. The molecule has 10 N–H and O–H groups in total. The standard InChI is InChI=1S/C50H64N10O7/c1-30-36(15-16-39(56-30)33-10-13-35(14-11-33)50(3,4)5)46(62)58-40(19-22-53)49(65)60(6)44-34-12-18-43(67-26-8-21-52)38(29-34)37-27-32(9-17-42(37)66-25-7-20-51)28-41(47(63)55-24-23-54)59-45(61)31(2)57-48(44)64/h9-18,27,29,31,40-41,44H,7-8,19-22,24-26,28,51-53H2,1-6H3,(H,55,63)(H,57,64)(H,58,62)(H,59,61)/t31-,40-,41-,44-/m0/s1. The van der Waals surface area contributed by atoms with Crippen LogP contribution in [0.2, 0.25) is 0 Å². The average Bonchev–Trinajstić information content (AvgIpc) is 3.30.